The predicted molar refractivity (Wildman–Crippen MR) is 76.6 cm³/mol. The van der Waals surface area contributed by atoms with Crippen LogP contribution in [-0.2, 0) is 16.9 Å². The summed E-state index contributed by atoms with van der Waals surface area (Å²) in [6.45, 7) is 10.9. The SMILES string of the molecule is CC(C)(C)n1cc(CN2CCN(CC(=O)O)CC2)cn1. The molecule has 2 heterocycles. The van der Waals surface area contributed by atoms with Crippen molar-refractivity contribution in [3.8, 4) is 0 Å². The molecule has 0 saturated carbocycles. The van der Waals surface area contributed by atoms with Crippen LogP contribution in [0.1, 0.15) is 26.3 Å². The Balaban J connectivity index is 1.84. The Morgan fingerprint density at radius 3 is 2.35 bits per heavy atom. The number of aromatic nitrogens is 2. The third-order valence-corrected chi connectivity index (χ3v) is 3.55. The summed E-state index contributed by atoms with van der Waals surface area (Å²) in [6.07, 6.45) is 4.03. The van der Waals surface area contributed by atoms with Crippen LogP contribution < -0.4 is 0 Å². The van der Waals surface area contributed by atoms with Gasteiger partial charge in [-0.3, -0.25) is 19.3 Å². The van der Waals surface area contributed by atoms with Crippen molar-refractivity contribution in [1.29, 1.82) is 0 Å². The van der Waals surface area contributed by atoms with Gasteiger partial charge in [-0.2, -0.15) is 5.10 Å². The molecule has 0 aliphatic carbocycles. The Bertz CT molecular complexity index is 456. The van der Waals surface area contributed by atoms with E-state index < -0.39 is 5.97 Å². The molecule has 1 aliphatic rings. The Labute approximate surface area is 120 Å². The van der Waals surface area contributed by atoms with Crippen LogP contribution in [0.4, 0.5) is 0 Å². The van der Waals surface area contributed by atoms with E-state index in [0.29, 0.717) is 0 Å². The van der Waals surface area contributed by atoms with Crippen LogP contribution in [-0.4, -0.2) is 63.4 Å². The first kappa shape index (κ1) is 15.0. The highest BCUT2D eigenvalue weighted by Crippen LogP contribution is 2.15. The minimum Gasteiger partial charge on any atom is -0.480 e. The van der Waals surface area contributed by atoms with Gasteiger partial charge in [-0.15, -0.1) is 0 Å². The first-order valence-electron chi connectivity index (χ1n) is 7.05. The van der Waals surface area contributed by atoms with Crippen molar-refractivity contribution in [1.82, 2.24) is 19.6 Å². The molecule has 6 nitrogen and oxygen atoms in total. The first-order valence-corrected chi connectivity index (χ1v) is 7.05. The molecule has 0 atom stereocenters. The summed E-state index contributed by atoms with van der Waals surface area (Å²) in [5.74, 6) is -0.745. The number of carboxylic acids is 1. The van der Waals surface area contributed by atoms with E-state index in [1.54, 1.807) is 0 Å². The summed E-state index contributed by atoms with van der Waals surface area (Å²) in [5.41, 5.74) is 1.23. The highest BCUT2D eigenvalue weighted by molar-refractivity contribution is 5.69. The quantitative estimate of drug-likeness (QED) is 0.885. The standard InChI is InChI=1S/C14H24N4O2/c1-14(2,3)18-10-12(8-15-18)9-16-4-6-17(7-5-16)11-13(19)20/h8,10H,4-7,9,11H2,1-3H3,(H,19,20). The zero-order chi connectivity index (χ0) is 14.8. The lowest BCUT2D eigenvalue weighted by atomic mass is 10.1. The van der Waals surface area contributed by atoms with E-state index in [4.69, 9.17) is 5.11 Å². The van der Waals surface area contributed by atoms with E-state index in [9.17, 15) is 4.79 Å². The molecule has 1 N–H and O–H groups in total. The number of hydrogen-bond acceptors (Lipinski definition) is 4. The van der Waals surface area contributed by atoms with Crippen LogP contribution in [0, 0.1) is 0 Å². The zero-order valence-electron chi connectivity index (χ0n) is 12.5. The van der Waals surface area contributed by atoms with Gasteiger partial charge in [-0.25, -0.2) is 0 Å². The maximum atomic E-state index is 10.7. The fourth-order valence-corrected chi connectivity index (χ4v) is 2.36. The Morgan fingerprint density at radius 2 is 1.85 bits per heavy atom. The van der Waals surface area contributed by atoms with Gasteiger partial charge < -0.3 is 5.11 Å². The van der Waals surface area contributed by atoms with Crippen molar-refractivity contribution in [2.45, 2.75) is 32.9 Å². The Kier molecular flexibility index (Phi) is 4.45. The molecule has 1 aromatic rings. The molecular weight excluding hydrogens is 256 g/mol. The number of hydrogen-bond donors (Lipinski definition) is 1. The number of rotatable bonds is 4. The lowest BCUT2D eigenvalue weighted by molar-refractivity contribution is -0.138. The van der Waals surface area contributed by atoms with E-state index in [1.807, 2.05) is 15.8 Å². The third kappa shape index (κ3) is 4.05. The summed E-state index contributed by atoms with van der Waals surface area (Å²) < 4.78 is 1.99. The first-order chi connectivity index (χ1) is 9.34. The lowest BCUT2D eigenvalue weighted by Gasteiger charge is -2.33. The highest BCUT2D eigenvalue weighted by atomic mass is 16.4. The van der Waals surface area contributed by atoms with Crippen LogP contribution in [0.15, 0.2) is 12.4 Å². The van der Waals surface area contributed by atoms with Crippen molar-refractivity contribution in [3.05, 3.63) is 18.0 Å². The molecule has 1 aliphatic heterocycles. The second kappa shape index (κ2) is 5.93. The summed E-state index contributed by atoms with van der Waals surface area (Å²) in [4.78, 5) is 15.0. The summed E-state index contributed by atoms with van der Waals surface area (Å²) in [5, 5.41) is 13.2. The normalized spacial score (nSPS) is 18.4. The maximum absolute atomic E-state index is 10.7. The number of carbonyl (C=O) groups is 1. The van der Waals surface area contributed by atoms with Crippen molar-refractivity contribution < 1.29 is 9.90 Å². The van der Waals surface area contributed by atoms with E-state index in [2.05, 4.69) is 37.0 Å². The van der Waals surface area contributed by atoms with Gasteiger partial charge in [0.05, 0.1) is 18.3 Å². The van der Waals surface area contributed by atoms with Gasteiger partial charge in [-0.1, -0.05) is 0 Å². The summed E-state index contributed by atoms with van der Waals surface area (Å²) in [6, 6.07) is 0. The van der Waals surface area contributed by atoms with Gasteiger partial charge in [0.2, 0.25) is 0 Å². The van der Waals surface area contributed by atoms with Crippen molar-refractivity contribution in [3.63, 3.8) is 0 Å². The molecule has 0 radical (unpaired) electrons. The number of aliphatic carboxylic acids is 1. The van der Waals surface area contributed by atoms with Gasteiger partial charge in [0, 0.05) is 44.5 Å². The Morgan fingerprint density at radius 1 is 1.25 bits per heavy atom. The molecular formula is C14H24N4O2. The molecule has 20 heavy (non-hydrogen) atoms. The number of nitrogens with zero attached hydrogens (tertiary/aromatic N) is 4. The molecule has 0 amide bonds. The molecule has 0 spiro atoms. The van der Waals surface area contributed by atoms with Gasteiger partial charge in [0.15, 0.2) is 0 Å². The van der Waals surface area contributed by atoms with Crippen LogP contribution in [0.5, 0.6) is 0 Å². The molecule has 0 unspecified atom stereocenters. The lowest BCUT2D eigenvalue weighted by Crippen LogP contribution is -2.47. The van der Waals surface area contributed by atoms with Crippen LogP contribution in [0.25, 0.3) is 0 Å². The Hall–Kier alpha value is -1.40. The molecule has 112 valence electrons. The van der Waals surface area contributed by atoms with Crippen LogP contribution in [0.2, 0.25) is 0 Å². The van der Waals surface area contributed by atoms with E-state index in [0.717, 1.165) is 32.7 Å². The maximum Gasteiger partial charge on any atom is 0.317 e. The van der Waals surface area contributed by atoms with E-state index in [1.165, 1.54) is 5.56 Å². The summed E-state index contributed by atoms with van der Waals surface area (Å²) >= 11 is 0. The predicted octanol–water partition coefficient (Wildman–Crippen LogP) is 0.840. The monoisotopic (exact) mass is 280 g/mol. The average molecular weight is 280 g/mol. The van der Waals surface area contributed by atoms with E-state index in [-0.39, 0.29) is 12.1 Å². The molecule has 0 bridgehead atoms. The third-order valence-electron chi connectivity index (χ3n) is 3.55. The molecule has 1 aromatic heterocycles. The van der Waals surface area contributed by atoms with Crippen molar-refractivity contribution >= 4 is 5.97 Å². The van der Waals surface area contributed by atoms with Crippen LogP contribution in [0.3, 0.4) is 0 Å². The molecule has 1 saturated heterocycles. The topological polar surface area (TPSA) is 61.6 Å². The largest absolute Gasteiger partial charge is 0.480 e. The fourth-order valence-electron chi connectivity index (χ4n) is 2.36. The second-order valence-corrected chi connectivity index (χ2v) is 6.41. The molecule has 1 fully saturated rings. The molecule has 2 rings (SSSR count). The van der Waals surface area contributed by atoms with Gasteiger partial charge in [-0.05, 0) is 20.8 Å². The van der Waals surface area contributed by atoms with Crippen molar-refractivity contribution in [2.75, 3.05) is 32.7 Å². The summed E-state index contributed by atoms with van der Waals surface area (Å²) in [7, 11) is 0. The number of piperazine rings is 1. The fraction of sp³-hybridized carbons (Fsp3) is 0.714. The smallest absolute Gasteiger partial charge is 0.317 e. The molecule has 0 aromatic carbocycles. The van der Waals surface area contributed by atoms with Crippen molar-refractivity contribution in [2.24, 2.45) is 0 Å². The van der Waals surface area contributed by atoms with Gasteiger partial charge in [0.25, 0.3) is 0 Å². The minimum absolute atomic E-state index is 0.0123. The molecule has 6 heteroatoms. The zero-order valence-corrected chi connectivity index (χ0v) is 12.5. The minimum atomic E-state index is -0.745. The van der Waals surface area contributed by atoms with Crippen LogP contribution >= 0.6 is 0 Å². The van der Waals surface area contributed by atoms with E-state index >= 15 is 0 Å². The average Bonchev–Trinajstić information content (AvgIpc) is 2.79. The number of carboxylic acid groups (broad SMARTS) is 1. The van der Waals surface area contributed by atoms with Gasteiger partial charge in [0.1, 0.15) is 0 Å². The van der Waals surface area contributed by atoms with Gasteiger partial charge >= 0.3 is 5.97 Å². The highest BCUT2D eigenvalue weighted by Gasteiger charge is 2.20. The second-order valence-electron chi connectivity index (χ2n) is 6.41.